The second kappa shape index (κ2) is 6.24. The van der Waals surface area contributed by atoms with Crippen molar-refractivity contribution in [3.63, 3.8) is 0 Å². The van der Waals surface area contributed by atoms with Crippen LogP contribution in [0.3, 0.4) is 0 Å². The molecular formula is C17H21N3O4. The maximum atomic E-state index is 12.6. The van der Waals surface area contributed by atoms with E-state index in [2.05, 4.69) is 5.32 Å². The van der Waals surface area contributed by atoms with Crippen LogP contribution in [0, 0.1) is 6.92 Å². The fraction of sp³-hybridized carbons (Fsp3) is 0.471. The molecule has 24 heavy (non-hydrogen) atoms. The molecule has 0 radical (unpaired) electrons. The van der Waals surface area contributed by atoms with Gasteiger partial charge in [0.2, 0.25) is 11.8 Å². The summed E-state index contributed by atoms with van der Waals surface area (Å²) in [4.78, 5) is 40.4. The van der Waals surface area contributed by atoms with E-state index in [0.717, 1.165) is 5.56 Å². The zero-order valence-electron chi connectivity index (χ0n) is 13.7. The lowest BCUT2D eigenvalue weighted by Gasteiger charge is -2.45. The van der Waals surface area contributed by atoms with Crippen LogP contribution in [0.5, 0.6) is 0 Å². The first kappa shape index (κ1) is 16.4. The number of benzene rings is 1. The van der Waals surface area contributed by atoms with E-state index >= 15 is 0 Å². The Balaban J connectivity index is 1.76. The highest BCUT2D eigenvalue weighted by atomic mass is 16.3. The number of piperazine rings is 2. The van der Waals surface area contributed by atoms with Crippen molar-refractivity contribution in [1.82, 2.24) is 15.1 Å². The second-order valence-electron chi connectivity index (χ2n) is 6.39. The normalized spacial score (nSPS) is 25.1. The highest BCUT2D eigenvalue weighted by molar-refractivity contribution is 5.99. The summed E-state index contributed by atoms with van der Waals surface area (Å²) in [5, 5.41) is 12.2. The van der Waals surface area contributed by atoms with Crippen LogP contribution in [0.4, 0.5) is 0 Å². The lowest BCUT2D eigenvalue weighted by Crippen LogP contribution is -2.71. The largest absolute Gasteiger partial charge is 0.391 e. The van der Waals surface area contributed by atoms with Crippen LogP contribution < -0.4 is 5.32 Å². The molecule has 3 atom stereocenters. The van der Waals surface area contributed by atoms with Gasteiger partial charge in [-0.25, -0.2) is 0 Å². The Labute approximate surface area is 140 Å². The van der Waals surface area contributed by atoms with Gasteiger partial charge < -0.3 is 20.2 Å². The van der Waals surface area contributed by atoms with Crippen LogP contribution in [0.1, 0.15) is 22.8 Å². The smallest absolute Gasteiger partial charge is 0.254 e. The minimum absolute atomic E-state index is 0.142. The second-order valence-corrected chi connectivity index (χ2v) is 6.39. The average Bonchev–Trinajstić information content (AvgIpc) is 2.56. The summed E-state index contributed by atoms with van der Waals surface area (Å²) in [6.45, 7) is 4.21. The van der Waals surface area contributed by atoms with Crippen LogP contribution in [0.2, 0.25) is 0 Å². The fourth-order valence-electron chi connectivity index (χ4n) is 3.23. The highest BCUT2D eigenvalue weighted by Crippen LogP contribution is 2.19. The van der Waals surface area contributed by atoms with Gasteiger partial charge in [-0.3, -0.25) is 14.4 Å². The first-order chi connectivity index (χ1) is 11.4. The van der Waals surface area contributed by atoms with Crippen molar-refractivity contribution in [2.24, 2.45) is 0 Å². The van der Waals surface area contributed by atoms with Crippen LogP contribution in [-0.2, 0) is 9.59 Å². The van der Waals surface area contributed by atoms with E-state index in [4.69, 9.17) is 0 Å². The molecule has 2 aliphatic heterocycles. The first-order valence-corrected chi connectivity index (χ1v) is 8.03. The van der Waals surface area contributed by atoms with Gasteiger partial charge in [0.1, 0.15) is 12.1 Å². The number of nitrogens with one attached hydrogen (secondary N) is 1. The predicted molar refractivity (Wildman–Crippen MR) is 86.2 cm³/mol. The number of rotatable bonds is 2. The molecule has 7 heteroatoms. The Hall–Kier alpha value is -2.41. The van der Waals surface area contributed by atoms with Crippen molar-refractivity contribution >= 4 is 17.7 Å². The Bertz CT molecular complexity index is 688. The first-order valence-electron chi connectivity index (χ1n) is 8.03. The third-order valence-corrected chi connectivity index (χ3v) is 4.56. The summed E-state index contributed by atoms with van der Waals surface area (Å²) in [6.07, 6.45) is -0.950. The number of aryl methyl sites for hydroxylation is 1. The van der Waals surface area contributed by atoms with E-state index in [1.807, 2.05) is 25.1 Å². The molecule has 2 saturated heterocycles. The molecule has 0 bridgehead atoms. The van der Waals surface area contributed by atoms with Gasteiger partial charge in [-0.2, -0.15) is 0 Å². The van der Waals surface area contributed by atoms with E-state index in [-0.39, 0.29) is 30.8 Å². The number of carbonyl (C=O) groups excluding carboxylic acids is 3. The van der Waals surface area contributed by atoms with Gasteiger partial charge in [0.25, 0.3) is 5.91 Å². The number of hydrogen-bond donors (Lipinski definition) is 2. The molecule has 7 nitrogen and oxygen atoms in total. The zero-order valence-corrected chi connectivity index (χ0v) is 13.7. The van der Waals surface area contributed by atoms with Gasteiger partial charge in [-0.05, 0) is 26.0 Å². The quantitative estimate of drug-likeness (QED) is 0.766. The monoisotopic (exact) mass is 331 g/mol. The fourth-order valence-corrected chi connectivity index (χ4v) is 3.23. The van der Waals surface area contributed by atoms with Gasteiger partial charge in [-0.15, -0.1) is 0 Å². The molecular weight excluding hydrogens is 310 g/mol. The molecule has 0 spiro atoms. The summed E-state index contributed by atoms with van der Waals surface area (Å²) in [7, 11) is 0. The molecule has 1 aromatic rings. The topological polar surface area (TPSA) is 90.0 Å². The summed E-state index contributed by atoms with van der Waals surface area (Å²) in [5.41, 5.74) is 1.57. The molecule has 2 heterocycles. The van der Waals surface area contributed by atoms with Gasteiger partial charge in [-0.1, -0.05) is 17.7 Å². The Morgan fingerprint density at radius 1 is 1.33 bits per heavy atom. The molecule has 0 aromatic heterocycles. The number of carbonyl (C=O) groups is 3. The predicted octanol–water partition coefficient (Wildman–Crippen LogP) is -0.473. The van der Waals surface area contributed by atoms with Gasteiger partial charge in [0, 0.05) is 18.7 Å². The lowest BCUT2D eigenvalue weighted by molar-refractivity contribution is -0.155. The van der Waals surface area contributed by atoms with Crippen molar-refractivity contribution in [3.8, 4) is 0 Å². The van der Waals surface area contributed by atoms with E-state index in [9.17, 15) is 19.5 Å². The van der Waals surface area contributed by atoms with E-state index < -0.39 is 18.2 Å². The SMILES string of the molecule is Cc1cccc(C(=O)N2CCN3C(=O)[C@@H]([C@H](C)O)NC(=O)[C@H]3C2)c1. The molecule has 0 saturated carbocycles. The standard InChI is InChI=1S/C17H21N3O4/c1-10-4-3-5-12(8-10)16(23)19-6-7-20-13(9-19)15(22)18-14(11(2)21)17(20)24/h3-5,8,11,13-14,21H,6-7,9H2,1-2H3,(H,18,22)/t11-,13+,14+/m0/s1. The number of aliphatic hydroxyl groups excluding tert-OH is 1. The summed E-state index contributed by atoms with van der Waals surface area (Å²) in [5.74, 6) is -0.768. The molecule has 3 rings (SSSR count). The third-order valence-electron chi connectivity index (χ3n) is 4.56. The minimum atomic E-state index is -0.950. The number of nitrogens with zero attached hydrogens (tertiary/aromatic N) is 2. The summed E-state index contributed by atoms with van der Waals surface area (Å²) >= 11 is 0. The number of amides is 3. The van der Waals surface area contributed by atoms with Crippen molar-refractivity contribution in [3.05, 3.63) is 35.4 Å². The number of aliphatic hydroxyl groups is 1. The summed E-state index contributed by atoms with van der Waals surface area (Å²) < 4.78 is 0. The highest BCUT2D eigenvalue weighted by Gasteiger charge is 2.45. The van der Waals surface area contributed by atoms with Gasteiger partial charge >= 0.3 is 0 Å². The van der Waals surface area contributed by atoms with Crippen molar-refractivity contribution in [1.29, 1.82) is 0 Å². The molecule has 2 fully saturated rings. The minimum Gasteiger partial charge on any atom is -0.391 e. The van der Waals surface area contributed by atoms with Crippen molar-refractivity contribution in [2.45, 2.75) is 32.0 Å². The number of fused-ring (bicyclic) bond motifs is 1. The average molecular weight is 331 g/mol. The molecule has 2 N–H and O–H groups in total. The van der Waals surface area contributed by atoms with Crippen molar-refractivity contribution < 1.29 is 19.5 Å². The van der Waals surface area contributed by atoms with E-state index in [1.165, 1.54) is 11.8 Å². The van der Waals surface area contributed by atoms with Crippen LogP contribution in [0.15, 0.2) is 24.3 Å². The summed E-state index contributed by atoms with van der Waals surface area (Å²) in [6, 6.07) is 5.69. The van der Waals surface area contributed by atoms with E-state index in [0.29, 0.717) is 12.1 Å². The molecule has 0 unspecified atom stereocenters. The van der Waals surface area contributed by atoms with Gasteiger partial charge in [0.15, 0.2) is 0 Å². The maximum Gasteiger partial charge on any atom is 0.254 e. The molecule has 1 aromatic carbocycles. The molecule has 2 aliphatic rings. The molecule has 3 amide bonds. The Morgan fingerprint density at radius 2 is 2.08 bits per heavy atom. The zero-order chi connectivity index (χ0) is 17.4. The third kappa shape index (κ3) is 2.87. The van der Waals surface area contributed by atoms with Crippen molar-refractivity contribution in [2.75, 3.05) is 19.6 Å². The van der Waals surface area contributed by atoms with Gasteiger partial charge in [0.05, 0.1) is 12.6 Å². The van der Waals surface area contributed by atoms with E-state index in [1.54, 1.807) is 11.0 Å². The van der Waals surface area contributed by atoms with Crippen LogP contribution in [-0.4, -0.2) is 70.4 Å². The van der Waals surface area contributed by atoms with Crippen LogP contribution in [0.25, 0.3) is 0 Å². The molecule has 128 valence electrons. The Morgan fingerprint density at radius 3 is 2.75 bits per heavy atom. The Kier molecular flexibility index (Phi) is 4.28. The van der Waals surface area contributed by atoms with Crippen LogP contribution >= 0.6 is 0 Å². The number of hydrogen-bond acceptors (Lipinski definition) is 4. The maximum absolute atomic E-state index is 12.6. The molecule has 0 aliphatic carbocycles. The lowest BCUT2D eigenvalue weighted by atomic mass is 10.0.